The molecule has 1 fully saturated rings. The Morgan fingerprint density at radius 1 is 1.32 bits per heavy atom. The molecule has 4 nitrogen and oxygen atoms in total. The number of hydrogen-bond donors (Lipinski definition) is 2. The summed E-state index contributed by atoms with van der Waals surface area (Å²) in [5, 5.41) is 6.31. The fraction of sp³-hybridized carbons (Fsp3) is 0.600. The van der Waals surface area contributed by atoms with Crippen molar-refractivity contribution in [3.63, 3.8) is 0 Å². The Labute approximate surface area is 115 Å². The van der Waals surface area contributed by atoms with E-state index in [4.69, 9.17) is 0 Å². The standard InChI is InChI=1S/C15H23N3O/c1-2-16-13-9-10-17-14(11-13)15(19)18-12-7-5-3-4-6-8-12/h9-12H,2-8H2,1H3,(H,16,17)(H,18,19). The van der Waals surface area contributed by atoms with Crippen LogP contribution in [0.1, 0.15) is 55.9 Å². The lowest BCUT2D eigenvalue weighted by Crippen LogP contribution is -2.34. The van der Waals surface area contributed by atoms with E-state index in [2.05, 4.69) is 15.6 Å². The largest absolute Gasteiger partial charge is 0.385 e. The second kappa shape index (κ2) is 7.12. The molecule has 2 rings (SSSR count). The lowest BCUT2D eigenvalue weighted by atomic mass is 10.1. The minimum absolute atomic E-state index is 0.0494. The summed E-state index contributed by atoms with van der Waals surface area (Å²) in [6.45, 7) is 2.87. The van der Waals surface area contributed by atoms with Gasteiger partial charge in [0, 0.05) is 24.5 Å². The van der Waals surface area contributed by atoms with Crippen molar-refractivity contribution in [2.45, 2.75) is 51.5 Å². The zero-order valence-electron chi connectivity index (χ0n) is 11.6. The number of nitrogens with zero attached hydrogens (tertiary/aromatic N) is 1. The molecule has 2 N–H and O–H groups in total. The van der Waals surface area contributed by atoms with Gasteiger partial charge in [0.1, 0.15) is 5.69 Å². The quantitative estimate of drug-likeness (QED) is 0.819. The van der Waals surface area contributed by atoms with E-state index in [1.54, 1.807) is 6.20 Å². The molecule has 1 aliphatic rings. The molecule has 1 saturated carbocycles. The average molecular weight is 261 g/mol. The van der Waals surface area contributed by atoms with Crippen LogP contribution in [0.2, 0.25) is 0 Å². The molecule has 1 heterocycles. The third-order valence-corrected chi connectivity index (χ3v) is 3.56. The predicted molar refractivity (Wildman–Crippen MR) is 77.4 cm³/mol. The number of nitrogens with one attached hydrogen (secondary N) is 2. The molecule has 0 atom stereocenters. The highest BCUT2D eigenvalue weighted by atomic mass is 16.1. The van der Waals surface area contributed by atoms with Gasteiger partial charge < -0.3 is 10.6 Å². The van der Waals surface area contributed by atoms with Crippen molar-refractivity contribution >= 4 is 11.6 Å². The smallest absolute Gasteiger partial charge is 0.270 e. The Hall–Kier alpha value is -1.58. The molecule has 104 valence electrons. The van der Waals surface area contributed by atoms with Crippen LogP contribution in [-0.4, -0.2) is 23.5 Å². The van der Waals surface area contributed by atoms with E-state index in [0.29, 0.717) is 11.7 Å². The van der Waals surface area contributed by atoms with Crippen LogP contribution in [0.3, 0.4) is 0 Å². The fourth-order valence-corrected chi connectivity index (χ4v) is 2.55. The number of amides is 1. The van der Waals surface area contributed by atoms with Crippen molar-refractivity contribution in [1.82, 2.24) is 10.3 Å². The van der Waals surface area contributed by atoms with E-state index in [1.807, 2.05) is 19.1 Å². The van der Waals surface area contributed by atoms with Gasteiger partial charge in [-0.05, 0) is 31.9 Å². The molecule has 0 unspecified atom stereocenters. The van der Waals surface area contributed by atoms with Gasteiger partial charge in [0.15, 0.2) is 0 Å². The Bertz CT molecular complexity index is 412. The van der Waals surface area contributed by atoms with Crippen LogP contribution in [-0.2, 0) is 0 Å². The van der Waals surface area contributed by atoms with Crippen molar-refractivity contribution in [2.24, 2.45) is 0 Å². The molecule has 0 bridgehead atoms. The van der Waals surface area contributed by atoms with Gasteiger partial charge in [-0.2, -0.15) is 0 Å². The van der Waals surface area contributed by atoms with E-state index in [-0.39, 0.29) is 5.91 Å². The first-order valence-corrected chi connectivity index (χ1v) is 7.30. The second-order valence-electron chi connectivity index (χ2n) is 5.12. The van der Waals surface area contributed by atoms with Crippen LogP contribution in [0.25, 0.3) is 0 Å². The minimum Gasteiger partial charge on any atom is -0.385 e. The number of carbonyl (C=O) groups is 1. The third-order valence-electron chi connectivity index (χ3n) is 3.56. The van der Waals surface area contributed by atoms with E-state index in [9.17, 15) is 4.79 Å². The SMILES string of the molecule is CCNc1ccnc(C(=O)NC2CCCCCC2)c1. The minimum atomic E-state index is -0.0494. The number of carbonyl (C=O) groups excluding carboxylic acids is 1. The van der Waals surface area contributed by atoms with Crippen molar-refractivity contribution in [1.29, 1.82) is 0 Å². The molecule has 1 aromatic heterocycles. The lowest BCUT2D eigenvalue weighted by molar-refractivity contribution is 0.0928. The number of pyridine rings is 1. The summed E-state index contributed by atoms with van der Waals surface area (Å²) < 4.78 is 0. The maximum Gasteiger partial charge on any atom is 0.270 e. The van der Waals surface area contributed by atoms with Crippen LogP contribution in [0.15, 0.2) is 18.3 Å². The highest BCUT2D eigenvalue weighted by Crippen LogP contribution is 2.17. The predicted octanol–water partition coefficient (Wildman–Crippen LogP) is 2.97. The zero-order chi connectivity index (χ0) is 13.5. The van der Waals surface area contributed by atoms with Crippen molar-refractivity contribution in [3.05, 3.63) is 24.0 Å². The number of aromatic nitrogens is 1. The summed E-state index contributed by atoms with van der Waals surface area (Å²) in [4.78, 5) is 16.3. The Balaban J connectivity index is 1.96. The molecule has 19 heavy (non-hydrogen) atoms. The first kappa shape index (κ1) is 13.8. The van der Waals surface area contributed by atoms with Gasteiger partial charge in [-0.3, -0.25) is 9.78 Å². The molecule has 1 aliphatic carbocycles. The molecule has 0 radical (unpaired) electrons. The number of hydrogen-bond acceptors (Lipinski definition) is 3. The summed E-state index contributed by atoms with van der Waals surface area (Å²) in [5.74, 6) is -0.0494. The lowest BCUT2D eigenvalue weighted by Gasteiger charge is -2.16. The highest BCUT2D eigenvalue weighted by Gasteiger charge is 2.16. The van der Waals surface area contributed by atoms with Crippen LogP contribution in [0.5, 0.6) is 0 Å². The van der Waals surface area contributed by atoms with Crippen molar-refractivity contribution < 1.29 is 4.79 Å². The van der Waals surface area contributed by atoms with E-state index in [0.717, 1.165) is 25.1 Å². The van der Waals surface area contributed by atoms with Gasteiger partial charge in [0.05, 0.1) is 0 Å². The molecule has 0 aromatic carbocycles. The summed E-state index contributed by atoms with van der Waals surface area (Å²) in [7, 11) is 0. The Morgan fingerprint density at radius 3 is 2.74 bits per heavy atom. The van der Waals surface area contributed by atoms with Gasteiger partial charge in [0.25, 0.3) is 5.91 Å². The summed E-state index contributed by atoms with van der Waals surface area (Å²) in [6, 6.07) is 4.01. The van der Waals surface area contributed by atoms with Gasteiger partial charge in [-0.15, -0.1) is 0 Å². The normalized spacial score (nSPS) is 16.7. The molecule has 0 aliphatic heterocycles. The fourth-order valence-electron chi connectivity index (χ4n) is 2.55. The van der Waals surface area contributed by atoms with Gasteiger partial charge in [-0.25, -0.2) is 0 Å². The summed E-state index contributed by atoms with van der Waals surface area (Å²) in [6.07, 6.45) is 8.89. The summed E-state index contributed by atoms with van der Waals surface area (Å²) >= 11 is 0. The Morgan fingerprint density at radius 2 is 2.05 bits per heavy atom. The molecule has 0 saturated heterocycles. The topological polar surface area (TPSA) is 54.0 Å². The monoisotopic (exact) mass is 261 g/mol. The van der Waals surface area contributed by atoms with Crippen LogP contribution < -0.4 is 10.6 Å². The second-order valence-corrected chi connectivity index (χ2v) is 5.12. The molecular weight excluding hydrogens is 238 g/mol. The molecule has 1 amide bonds. The van der Waals surface area contributed by atoms with Crippen LogP contribution in [0.4, 0.5) is 5.69 Å². The van der Waals surface area contributed by atoms with Crippen LogP contribution in [0, 0.1) is 0 Å². The van der Waals surface area contributed by atoms with Gasteiger partial charge in [0.2, 0.25) is 0 Å². The van der Waals surface area contributed by atoms with Crippen LogP contribution >= 0.6 is 0 Å². The molecule has 4 heteroatoms. The highest BCUT2D eigenvalue weighted by molar-refractivity contribution is 5.93. The molecular formula is C15H23N3O. The van der Waals surface area contributed by atoms with E-state index < -0.39 is 0 Å². The Kier molecular flexibility index (Phi) is 5.19. The maximum atomic E-state index is 12.2. The summed E-state index contributed by atoms with van der Waals surface area (Å²) in [5.41, 5.74) is 1.45. The van der Waals surface area contributed by atoms with E-state index in [1.165, 1.54) is 25.7 Å². The molecule has 0 spiro atoms. The zero-order valence-corrected chi connectivity index (χ0v) is 11.6. The average Bonchev–Trinajstić information content (AvgIpc) is 2.68. The number of anilines is 1. The van der Waals surface area contributed by atoms with Crippen molar-refractivity contribution in [3.8, 4) is 0 Å². The number of rotatable bonds is 4. The van der Waals surface area contributed by atoms with Crippen molar-refractivity contribution in [2.75, 3.05) is 11.9 Å². The first-order chi connectivity index (χ1) is 9.29. The molecule has 1 aromatic rings. The third kappa shape index (κ3) is 4.23. The first-order valence-electron chi connectivity index (χ1n) is 7.30. The van der Waals surface area contributed by atoms with Gasteiger partial charge >= 0.3 is 0 Å². The van der Waals surface area contributed by atoms with E-state index >= 15 is 0 Å². The maximum absolute atomic E-state index is 12.2. The van der Waals surface area contributed by atoms with Gasteiger partial charge in [-0.1, -0.05) is 25.7 Å².